The van der Waals surface area contributed by atoms with Gasteiger partial charge in [-0.25, -0.2) is 4.98 Å². The lowest BCUT2D eigenvalue weighted by Crippen LogP contribution is -2.10. The molecule has 0 spiro atoms. The third-order valence-electron chi connectivity index (χ3n) is 4.36. The second-order valence-corrected chi connectivity index (χ2v) is 8.01. The zero-order chi connectivity index (χ0) is 21.1. The highest BCUT2D eigenvalue weighted by atomic mass is 79.9. The summed E-state index contributed by atoms with van der Waals surface area (Å²) in [7, 11) is 3.17. The van der Waals surface area contributed by atoms with Crippen LogP contribution in [-0.2, 0) is 0 Å². The van der Waals surface area contributed by atoms with E-state index in [9.17, 15) is 4.79 Å². The lowest BCUT2D eigenvalue weighted by atomic mass is 10.1. The number of aromatic nitrogens is 1. The Labute approximate surface area is 185 Å². The van der Waals surface area contributed by atoms with Crippen LogP contribution in [0.5, 0.6) is 11.5 Å². The topological polar surface area (TPSA) is 73.6 Å². The first-order chi connectivity index (χ1) is 14.6. The number of hydrogen-bond donors (Lipinski definition) is 1. The molecule has 0 radical (unpaired) electrons. The fourth-order valence-electron chi connectivity index (χ4n) is 2.85. The van der Waals surface area contributed by atoms with Gasteiger partial charge in [0.1, 0.15) is 5.76 Å². The van der Waals surface area contributed by atoms with E-state index in [2.05, 4.69) is 26.2 Å². The summed E-state index contributed by atoms with van der Waals surface area (Å²) in [6, 6.07) is 16.6. The van der Waals surface area contributed by atoms with Crippen molar-refractivity contribution in [3.05, 3.63) is 70.2 Å². The van der Waals surface area contributed by atoms with Crippen LogP contribution in [0.1, 0.15) is 10.6 Å². The average Bonchev–Trinajstić information content (AvgIpc) is 3.44. The van der Waals surface area contributed by atoms with E-state index >= 15 is 0 Å². The number of ether oxygens (including phenoxy) is 2. The Morgan fingerprint density at radius 1 is 1.00 bits per heavy atom. The lowest BCUT2D eigenvalue weighted by Gasteiger charge is -2.08. The third-order valence-corrected chi connectivity index (χ3v) is 5.65. The Balaban J connectivity index is 1.49. The van der Waals surface area contributed by atoms with Crippen molar-refractivity contribution in [3.63, 3.8) is 0 Å². The molecule has 152 valence electrons. The SMILES string of the molecule is COc1ccc(-c2csc(NC(=O)c3ccc(-c4ccc(Br)cc4)o3)n2)cc1OC. The zero-order valence-corrected chi connectivity index (χ0v) is 18.5. The van der Waals surface area contributed by atoms with Crippen LogP contribution in [-0.4, -0.2) is 25.1 Å². The molecular formula is C22H17BrN2O4S. The molecule has 0 unspecified atom stereocenters. The normalized spacial score (nSPS) is 10.6. The molecule has 0 aliphatic carbocycles. The van der Waals surface area contributed by atoms with Gasteiger partial charge < -0.3 is 13.9 Å². The van der Waals surface area contributed by atoms with Crippen LogP contribution in [0.4, 0.5) is 5.13 Å². The zero-order valence-electron chi connectivity index (χ0n) is 16.1. The number of methoxy groups -OCH3 is 2. The maximum Gasteiger partial charge on any atom is 0.293 e. The molecule has 6 nitrogen and oxygen atoms in total. The van der Waals surface area contributed by atoms with Gasteiger partial charge in [-0.2, -0.15) is 0 Å². The van der Waals surface area contributed by atoms with E-state index < -0.39 is 0 Å². The first-order valence-corrected chi connectivity index (χ1v) is 10.6. The van der Waals surface area contributed by atoms with Gasteiger partial charge >= 0.3 is 0 Å². The molecule has 4 rings (SSSR count). The molecule has 0 aliphatic rings. The van der Waals surface area contributed by atoms with Crippen molar-refractivity contribution in [3.8, 4) is 34.1 Å². The van der Waals surface area contributed by atoms with Crippen molar-refractivity contribution in [1.82, 2.24) is 4.98 Å². The molecule has 2 heterocycles. The van der Waals surface area contributed by atoms with Crippen molar-refractivity contribution in [2.24, 2.45) is 0 Å². The van der Waals surface area contributed by atoms with Gasteiger partial charge in [-0.3, -0.25) is 10.1 Å². The number of nitrogens with one attached hydrogen (secondary N) is 1. The van der Waals surface area contributed by atoms with Gasteiger partial charge in [0.25, 0.3) is 5.91 Å². The van der Waals surface area contributed by atoms with Gasteiger partial charge in [0, 0.05) is 21.0 Å². The minimum Gasteiger partial charge on any atom is -0.493 e. The van der Waals surface area contributed by atoms with E-state index in [-0.39, 0.29) is 11.7 Å². The lowest BCUT2D eigenvalue weighted by molar-refractivity contribution is 0.0997. The van der Waals surface area contributed by atoms with Crippen LogP contribution in [0.25, 0.3) is 22.6 Å². The molecule has 0 aliphatic heterocycles. The van der Waals surface area contributed by atoms with Crippen LogP contribution in [0.3, 0.4) is 0 Å². The van der Waals surface area contributed by atoms with E-state index in [1.165, 1.54) is 11.3 Å². The number of halogens is 1. The Morgan fingerprint density at radius 2 is 1.73 bits per heavy atom. The summed E-state index contributed by atoms with van der Waals surface area (Å²) in [5.41, 5.74) is 2.48. The number of amides is 1. The van der Waals surface area contributed by atoms with Crippen molar-refractivity contribution in [1.29, 1.82) is 0 Å². The standard InChI is InChI=1S/C22H17BrN2O4S/c1-27-18-8-5-14(11-20(18)28-2)16-12-30-22(24-16)25-21(26)19-10-9-17(29-19)13-3-6-15(23)7-4-13/h3-12H,1-2H3,(H,24,25,26). The highest BCUT2D eigenvalue weighted by molar-refractivity contribution is 9.10. The molecule has 0 saturated heterocycles. The Morgan fingerprint density at radius 3 is 2.47 bits per heavy atom. The first-order valence-electron chi connectivity index (χ1n) is 8.92. The molecule has 0 saturated carbocycles. The van der Waals surface area contributed by atoms with Crippen molar-refractivity contribution >= 4 is 38.3 Å². The monoisotopic (exact) mass is 484 g/mol. The molecule has 0 fully saturated rings. The molecule has 1 N–H and O–H groups in total. The number of carbonyl (C=O) groups is 1. The smallest absolute Gasteiger partial charge is 0.293 e. The Bertz CT molecular complexity index is 1180. The summed E-state index contributed by atoms with van der Waals surface area (Å²) >= 11 is 4.74. The quantitative estimate of drug-likeness (QED) is 0.357. The van der Waals surface area contributed by atoms with Crippen LogP contribution < -0.4 is 14.8 Å². The molecule has 30 heavy (non-hydrogen) atoms. The van der Waals surface area contributed by atoms with Gasteiger partial charge in [0.05, 0.1) is 19.9 Å². The summed E-state index contributed by atoms with van der Waals surface area (Å²) in [5, 5.41) is 5.13. The largest absolute Gasteiger partial charge is 0.493 e. The molecule has 2 aromatic heterocycles. The molecule has 1 amide bonds. The fourth-order valence-corrected chi connectivity index (χ4v) is 3.83. The highest BCUT2D eigenvalue weighted by Gasteiger charge is 2.15. The van der Waals surface area contributed by atoms with E-state index in [0.717, 1.165) is 21.3 Å². The van der Waals surface area contributed by atoms with E-state index in [1.54, 1.807) is 26.4 Å². The van der Waals surface area contributed by atoms with Crippen LogP contribution in [0, 0.1) is 0 Å². The number of rotatable bonds is 6. The van der Waals surface area contributed by atoms with Gasteiger partial charge in [0.2, 0.25) is 0 Å². The predicted octanol–water partition coefficient (Wildman–Crippen LogP) is 6.10. The summed E-state index contributed by atoms with van der Waals surface area (Å²) < 4.78 is 17.3. The molecule has 8 heteroatoms. The number of benzene rings is 2. The number of thiazole rings is 1. The summed E-state index contributed by atoms with van der Waals surface area (Å²) in [5.74, 6) is 1.74. The fraction of sp³-hybridized carbons (Fsp3) is 0.0909. The van der Waals surface area contributed by atoms with Gasteiger partial charge in [0.15, 0.2) is 22.4 Å². The first kappa shape index (κ1) is 20.2. The molecule has 0 atom stereocenters. The van der Waals surface area contributed by atoms with E-state index in [4.69, 9.17) is 13.9 Å². The summed E-state index contributed by atoms with van der Waals surface area (Å²) in [6.45, 7) is 0. The predicted molar refractivity (Wildman–Crippen MR) is 120 cm³/mol. The minimum atomic E-state index is -0.355. The van der Waals surface area contributed by atoms with Crippen molar-refractivity contribution < 1.29 is 18.7 Å². The summed E-state index contributed by atoms with van der Waals surface area (Å²) in [4.78, 5) is 17.1. The third kappa shape index (κ3) is 4.24. The number of nitrogens with zero attached hydrogens (tertiary/aromatic N) is 1. The number of hydrogen-bond acceptors (Lipinski definition) is 6. The highest BCUT2D eigenvalue weighted by Crippen LogP contribution is 2.33. The molecule has 0 bridgehead atoms. The summed E-state index contributed by atoms with van der Waals surface area (Å²) in [6.07, 6.45) is 0. The second-order valence-electron chi connectivity index (χ2n) is 6.23. The van der Waals surface area contributed by atoms with Crippen LogP contribution in [0.2, 0.25) is 0 Å². The Kier molecular flexibility index (Phi) is 5.87. The van der Waals surface area contributed by atoms with E-state index in [1.807, 2.05) is 47.8 Å². The maximum absolute atomic E-state index is 12.6. The maximum atomic E-state index is 12.6. The van der Waals surface area contributed by atoms with Crippen LogP contribution >= 0.6 is 27.3 Å². The van der Waals surface area contributed by atoms with Gasteiger partial charge in [-0.15, -0.1) is 11.3 Å². The molecule has 4 aromatic rings. The second kappa shape index (κ2) is 8.73. The Hall–Kier alpha value is -3.10. The van der Waals surface area contributed by atoms with Gasteiger partial charge in [-0.05, 0) is 42.5 Å². The van der Waals surface area contributed by atoms with Crippen molar-refractivity contribution in [2.45, 2.75) is 0 Å². The molecular weight excluding hydrogens is 468 g/mol. The molecule has 2 aromatic carbocycles. The van der Waals surface area contributed by atoms with Gasteiger partial charge in [-0.1, -0.05) is 28.1 Å². The average molecular weight is 485 g/mol. The number of furan rings is 1. The van der Waals surface area contributed by atoms with Crippen molar-refractivity contribution in [2.75, 3.05) is 19.5 Å². The van der Waals surface area contributed by atoms with E-state index in [0.29, 0.717) is 22.4 Å². The van der Waals surface area contributed by atoms with Crippen LogP contribution in [0.15, 0.2) is 68.9 Å². The minimum absolute atomic E-state index is 0.218. The number of anilines is 1. The number of carbonyl (C=O) groups excluding carboxylic acids is 1.